The predicted octanol–water partition coefficient (Wildman–Crippen LogP) is 0.619. The van der Waals surface area contributed by atoms with Crippen molar-refractivity contribution in [3.05, 3.63) is 30.1 Å². The quantitative estimate of drug-likeness (QED) is 0.863. The lowest BCUT2D eigenvalue weighted by molar-refractivity contribution is -0.145. The maximum absolute atomic E-state index is 12.4. The highest BCUT2D eigenvalue weighted by Gasteiger charge is 2.55. The Balaban J connectivity index is 1.76. The highest BCUT2D eigenvalue weighted by atomic mass is 16.4. The number of amides is 2. The van der Waals surface area contributed by atoms with Crippen molar-refractivity contribution >= 4 is 17.8 Å². The molecule has 0 bridgehead atoms. The Morgan fingerprint density at radius 3 is 2.57 bits per heavy atom. The molecule has 3 heterocycles. The molecule has 0 unspecified atom stereocenters. The third-order valence-electron chi connectivity index (χ3n) is 5.17. The van der Waals surface area contributed by atoms with Gasteiger partial charge in [-0.1, -0.05) is 6.07 Å². The molecule has 122 valence electrons. The van der Waals surface area contributed by atoms with E-state index in [1.54, 1.807) is 41.2 Å². The number of aliphatic carboxylic acids is 1. The number of pyridine rings is 1. The van der Waals surface area contributed by atoms with Crippen LogP contribution in [0.3, 0.4) is 0 Å². The minimum Gasteiger partial charge on any atom is -0.481 e. The van der Waals surface area contributed by atoms with E-state index in [1.807, 2.05) is 0 Å². The van der Waals surface area contributed by atoms with E-state index < -0.39 is 17.4 Å². The molecule has 1 aromatic heterocycles. The van der Waals surface area contributed by atoms with E-state index in [4.69, 9.17) is 0 Å². The summed E-state index contributed by atoms with van der Waals surface area (Å²) in [5.41, 5.74) is -0.293. The molecule has 2 fully saturated rings. The van der Waals surface area contributed by atoms with Crippen molar-refractivity contribution in [2.45, 2.75) is 24.8 Å². The third kappa shape index (κ3) is 2.46. The van der Waals surface area contributed by atoms with Crippen LogP contribution in [0, 0.1) is 5.92 Å². The fourth-order valence-corrected chi connectivity index (χ4v) is 3.73. The van der Waals surface area contributed by atoms with Gasteiger partial charge in [-0.2, -0.15) is 0 Å². The minimum atomic E-state index is -0.938. The second kappa shape index (κ2) is 5.64. The molecule has 2 aliphatic rings. The number of aromatic nitrogens is 1. The summed E-state index contributed by atoms with van der Waals surface area (Å²) in [7, 11) is 1.67. The van der Waals surface area contributed by atoms with Crippen molar-refractivity contribution in [3.8, 4) is 0 Å². The molecule has 1 aromatic rings. The molecule has 0 aromatic carbocycles. The van der Waals surface area contributed by atoms with E-state index in [0.29, 0.717) is 31.6 Å². The van der Waals surface area contributed by atoms with Crippen LogP contribution in [0.4, 0.5) is 0 Å². The van der Waals surface area contributed by atoms with E-state index in [2.05, 4.69) is 4.98 Å². The van der Waals surface area contributed by atoms with Gasteiger partial charge in [0.25, 0.3) is 5.91 Å². The molecule has 7 heteroatoms. The molecule has 3 rings (SSSR count). The van der Waals surface area contributed by atoms with E-state index in [1.165, 1.54) is 0 Å². The number of carbonyl (C=O) groups excluding carboxylic acids is 2. The first-order valence-corrected chi connectivity index (χ1v) is 7.65. The van der Waals surface area contributed by atoms with Crippen molar-refractivity contribution in [2.24, 2.45) is 5.92 Å². The van der Waals surface area contributed by atoms with E-state index in [-0.39, 0.29) is 18.2 Å². The van der Waals surface area contributed by atoms with Gasteiger partial charge in [-0.25, -0.2) is 0 Å². The van der Waals surface area contributed by atoms with Crippen LogP contribution in [0.25, 0.3) is 0 Å². The van der Waals surface area contributed by atoms with Gasteiger partial charge in [0.05, 0.1) is 11.5 Å². The summed E-state index contributed by atoms with van der Waals surface area (Å²) in [5.74, 6) is -1.93. The predicted molar refractivity (Wildman–Crippen MR) is 80.6 cm³/mol. The van der Waals surface area contributed by atoms with Crippen LogP contribution in [-0.2, 0) is 9.59 Å². The van der Waals surface area contributed by atoms with Crippen LogP contribution in [0.5, 0.6) is 0 Å². The van der Waals surface area contributed by atoms with Gasteiger partial charge in [-0.05, 0) is 25.0 Å². The minimum absolute atomic E-state index is 0.0417. The van der Waals surface area contributed by atoms with Gasteiger partial charge >= 0.3 is 5.97 Å². The third-order valence-corrected chi connectivity index (χ3v) is 5.17. The number of carbonyl (C=O) groups is 3. The van der Waals surface area contributed by atoms with Gasteiger partial charge in [0.1, 0.15) is 5.69 Å². The van der Waals surface area contributed by atoms with Gasteiger partial charge in [0.2, 0.25) is 5.91 Å². The Bertz CT molecular complexity index is 638. The summed E-state index contributed by atoms with van der Waals surface area (Å²) >= 11 is 0. The number of nitrogens with zero attached hydrogens (tertiary/aromatic N) is 3. The maximum Gasteiger partial charge on any atom is 0.309 e. The number of piperidine rings is 1. The lowest BCUT2D eigenvalue weighted by atomic mass is 9.77. The molecular formula is C16H19N3O4. The molecule has 0 radical (unpaired) electrons. The van der Waals surface area contributed by atoms with Crippen molar-refractivity contribution in [1.82, 2.24) is 14.8 Å². The normalized spacial score (nSPS) is 23.3. The Morgan fingerprint density at radius 1 is 1.30 bits per heavy atom. The fraction of sp³-hybridized carbons (Fsp3) is 0.500. The Kier molecular flexibility index (Phi) is 3.79. The van der Waals surface area contributed by atoms with Gasteiger partial charge < -0.3 is 14.9 Å². The SMILES string of the molecule is CN1C(=O)C[C@H](C(=O)O)C12CCN(C(=O)c1ccccn1)CC2. The van der Waals surface area contributed by atoms with Gasteiger partial charge in [0, 0.05) is 32.8 Å². The summed E-state index contributed by atoms with van der Waals surface area (Å²) in [4.78, 5) is 43.3. The van der Waals surface area contributed by atoms with Crippen molar-refractivity contribution in [1.29, 1.82) is 0 Å². The van der Waals surface area contributed by atoms with Gasteiger partial charge in [-0.15, -0.1) is 0 Å². The monoisotopic (exact) mass is 317 g/mol. The highest BCUT2D eigenvalue weighted by Crippen LogP contribution is 2.42. The zero-order valence-corrected chi connectivity index (χ0v) is 12.9. The maximum atomic E-state index is 12.4. The van der Waals surface area contributed by atoms with E-state index in [0.717, 1.165) is 0 Å². The zero-order valence-electron chi connectivity index (χ0n) is 12.9. The molecule has 1 atom stereocenters. The van der Waals surface area contributed by atoms with Crippen LogP contribution >= 0.6 is 0 Å². The first-order chi connectivity index (χ1) is 11.0. The van der Waals surface area contributed by atoms with Crippen LogP contribution in [0.15, 0.2) is 24.4 Å². The number of likely N-dealkylation sites (tertiary alicyclic amines) is 2. The van der Waals surface area contributed by atoms with Gasteiger partial charge in [0.15, 0.2) is 0 Å². The second-order valence-electron chi connectivity index (χ2n) is 6.16. The molecule has 1 spiro atoms. The molecular weight excluding hydrogens is 298 g/mol. The lowest BCUT2D eigenvalue weighted by Gasteiger charge is -2.45. The van der Waals surface area contributed by atoms with E-state index in [9.17, 15) is 19.5 Å². The Labute approximate surface area is 133 Å². The van der Waals surface area contributed by atoms with E-state index >= 15 is 0 Å². The highest BCUT2D eigenvalue weighted by molar-refractivity contribution is 5.92. The molecule has 2 aliphatic heterocycles. The number of carboxylic acids is 1. The van der Waals surface area contributed by atoms with Crippen molar-refractivity contribution in [2.75, 3.05) is 20.1 Å². The molecule has 23 heavy (non-hydrogen) atoms. The van der Waals surface area contributed by atoms with Gasteiger partial charge in [-0.3, -0.25) is 19.4 Å². The Hall–Kier alpha value is -2.44. The van der Waals surface area contributed by atoms with Crippen LogP contribution in [0.2, 0.25) is 0 Å². The molecule has 2 saturated heterocycles. The average Bonchev–Trinajstić information content (AvgIpc) is 2.81. The number of rotatable bonds is 2. The van der Waals surface area contributed by atoms with Crippen LogP contribution in [-0.4, -0.2) is 63.4 Å². The molecule has 2 amide bonds. The summed E-state index contributed by atoms with van der Waals surface area (Å²) in [5, 5.41) is 9.45. The zero-order chi connectivity index (χ0) is 16.6. The average molecular weight is 317 g/mol. The number of hydrogen-bond acceptors (Lipinski definition) is 4. The molecule has 1 N–H and O–H groups in total. The Morgan fingerprint density at radius 2 is 2.00 bits per heavy atom. The first-order valence-electron chi connectivity index (χ1n) is 7.65. The number of carboxylic acid groups (broad SMARTS) is 1. The molecule has 7 nitrogen and oxygen atoms in total. The molecule has 0 saturated carbocycles. The summed E-state index contributed by atoms with van der Waals surface area (Å²) < 4.78 is 0. The summed E-state index contributed by atoms with van der Waals surface area (Å²) in [6.45, 7) is 0.855. The second-order valence-corrected chi connectivity index (χ2v) is 6.16. The van der Waals surface area contributed by atoms with Crippen LogP contribution < -0.4 is 0 Å². The smallest absolute Gasteiger partial charge is 0.309 e. The lowest BCUT2D eigenvalue weighted by Crippen LogP contribution is -2.57. The summed E-state index contributed by atoms with van der Waals surface area (Å²) in [6, 6.07) is 5.17. The number of hydrogen-bond donors (Lipinski definition) is 1. The topological polar surface area (TPSA) is 90.8 Å². The first kappa shape index (κ1) is 15.5. The standard InChI is InChI=1S/C16H19N3O4/c1-18-13(20)10-11(15(22)23)16(18)5-8-19(9-6-16)14(21)12-4-2-3-7-17-12/h2-4,7,11H,5-6,8-10H2,1H3,(H,22,23)/t11-/m1/s1. The summed E-state index contributed by atoms with van der Waals surface area (Å²) in [6.07, 6.45) is 2.57. The van der Waals surface area contributed by atoms with Crippen LogP contribution in [0.1, 0.15) is 29.8 Å². The fourth-order valence-electron chi connectivity index (χ4n) is 3.73. The largest absolute Gasteiger partial charge is 0.481 e. The van der Waals surface area contributed by atoms with Crippen molar-refractivity contribution < 1.29 is 19.5 Å². The molecule has 0 aliphatic carbocycles. The van der Waals surface area contributed by atoms with Crippen molar-refractivity contribution in [3.63, 3.8) is 0 Å².